The van der Waals surface area contributed by atoms with Gasteiger partial charge in [-0.15, -0.1) is 0 Å². The van der Waals surface area contributed by atoms with Crippen LogP contribution in [0.1, 0.15) is 29.8 Å². The molecule has 5 nitrogen and oxygen atoms in total. The molecule has 0 aliphatic heterocycles. The van der Waals surface area contributed by atoms with E-state index < -0.39 is 0 Å². The van der Waals surface area contributed by atoms with E-state index in [1.165, 1.54) is 5.69 Å². The van der Waals surface area contributed by atoms with Crippen LogP contribution in [0.4, 0.5) is 0 Å². The van der Waals surface area contributed by atoms with Crippen LogP contribution in [-0.4, -0.2) is 19.3 Å². The maximum atomic E-state index is 5.71. The van der Waals surface area contributed by atoms with Gasteiger partial charge in [0, 0.05) is 19.3 Å². The number of hydrogen-bond donors (Lipinski definition) is 1. The van der Waals surface area contributed by atoms with Gasteiger partial charge in [-0.05, 0) is 26.8 Å². The lowest BCUT2D eigenvalue weighted by atomic mass is 10.3. The van der Waals surface area contributed by atoms with Crippen molar-refractivity contribution in [1.29, 1.82) is 0 Å². The molecule has 0 saturated carbocycles. The monoisotopic (exact) mass is 233 g/mol. The van der Waals surface area contributed by atoms with Gasteiger partial charge in [0.1, 0.15) is 5.82 Å². The number of aryl methyl sites for hydroxylation is 3. The predicted molar refractivity (Wildman–Crippen MR) is 66.6 cm³/mol. The molecule has 2 aromatic heterocycles. The SMILES string of the molecule is CCn1nc(C)cc1Cn1c(CN)cnc1C. The van der Waals surface area contributed by atoms with Gasteiger partial charge in [0.25, 0.3) is 0 Å². The van der Waals surface area contributed by atoms with E-state index in [1.807, 2.05) is 24.7 Å². The molecule has 2 rings (SSSR count). The molecule has 0 unspecified atom stereocenters. The van der Waals surface area contributed by atoms with Crippen molar-refractivity contribution in [3.63, 3.8) is 0 Å². The highest BCUT2D eigenvalue weighted by Gasteiger charge is 2.09. The average Bonchev–Trinajstić information content (AvgIpc) is 2.84. The van der Waals surface area contributed by atoms with Gasteiger partial charge in [-0.1, -0.05) is 0 Å². The van der Waals surface area contributed by atoms with E-state index in [4.69, 9.17) is 5.73 Å². The Balaban J connectivity index is 2.33. The van der Waals surface area contributed by atoms with Crippen molar-refractivity contribution in [2.45, 2.75) is 40.4 Å². The van der Waals surface area contributed by atoms with E-state index in [2.05, 4.69) is 27.6 Å². The Morgan fingerprint density at radius 3 is 2.71 bits per heavy atom. The van der Waals surface area contributed by atoms with Crippen LogP contribution in [0, 0.1) is 13.8 Å². The Bertz CT molecular complexity index is 509. The van der Waals surface area contributed by atoms with Gasteiger partial charge < -0.3 is 10.3 Å². The second-order valence-electron chi connectivity index (χ2n) is 4.18. The molecule has 0 saturated heterocycles. The predicted octanol–water partition coefficient (Wildman–Crippen LogP) is 1.22. The van der Waals surface area contributed by atoms with E-state index in [0.29, 0.717) is 6.54 Å². The van der Waals surface area contributed by atoms with Crippen LogP contribution in [0.2, 0.25) is 0 Å². The first-order valence-corrected chi connectivity index (χ1v) is 5.90. The van der Waals surface area contributed by atoms with Gasteiger partial charge in [0.15, 0.2) is 0 Å². The lowest BCUT2D eigenvalue weighted by molar-refractivity contribution is 0.585. The highest BCUT2D eigenvalue weighted by Crippen LogP contribution is 2.11. The number of hydrogen-bond acceptors (Lipinski definition) is 3. The molecule has 2 aromatic rings. The first-order chi connectivity index (χ1) is 8.15. The second-order valence-corrected chi connectivity index (χ2v) is 4.18. The molecule has 17 heavy (non-hydrogen) atoms. The Hall–Kier alpha value is -1.62. The number of imidazole rings is 1. The van der Waals surface area contributed by atoms with Crippen LogP contribution in [0.3, 0.4) is 0 Å². The molecule has 0 spiro atoms. The number of nitrogens with two attached hydrogens (primary N) is 1. The third-order valence-electron chi connectivity index (χ3n) is 2.95. The molecular weight excluding hydrogens is 214 g/mol. The Morgan fingerprint density at radius 2 is 2.06 bits per heavy atom. The van der Waals surface area contributed by atoms with Crippen molar-refractivity contribution in [1.82, 2.24) is 19.3 Å². The minimum Gasteiger partial charge on any atom is -0.325 e. The summed E-state index contributed by atoms with van der Waals surface area (Å²) in [6.07, 6.45) is 1.84. The molecule has 92 valence electrons. The maximum absolute atomic E-state index is 5.71. The number of rotatable bonds is 4. The molecule has 2 heterocycles. The first kappa shape index (κ1) is 11.9. The lowest BCUT2D eigenvalue weighted by Gasteiger charge is -2.10. The van der Waals surface area contributed by atoms with Gasteiger partial charge >= 0.3 is 0 Å². The summed E-state index contributed by atoms with van der Waals surface area (Å²) < 4.78 is 4.16. The van der Waals surface area contributed by atoms with Crippen molar-refractivity contribution in [3.8, 4) is 0 Å². The zero-order chi connectivity index (χ0) is 12.4. The third kappa shape index (κ3) is 2.24. The molecule has 0 radical (unpaired) electrons. The van der Waals surface area contributed by atoms with E-state index >= 15 is 0 Å². The summed E-state index contributed by atoms with van der Waals surface area (Å²) in [6.45, 7) is 8.29. The average molecular weight is 233 g/mol. The molecule has 0 bridgehead atoms. The highest BCUT2D eigenvalue weighted by molar-refractivity contribution is 5.13. The van der Waals surface area contributed by atoms with E-state index in [9.17, 15) is 0 Å². The summed E-state index contributed by atoms with van der Waals surface area (Å²) in [5.74, 6) is 0.993. The Labute approximate surface area is 101 Å². The normalized spacial score (nSPS) is 11.1. The van der Waals surface area contributed by atoms with Crippen LogP contribution in [0.25, 0.3) is 0 Å². The largest absolute Gasteiger partial charge is 0.325 e. The number of nitrogens with zero attached hydrogens (tertiary/aromatic N) is 4. The minimum atomic E-state index is 0.514. The van der Waals surface area contributed by atoms with Crippen molar-refractivity contribution in [2.24, 2.45) is 5.73 Å². The lowest BCUT2D eigenvalue weighted by Crippen LogP contribution is -2.13. The fourth-order valence-corrected chi connectivity index (χ4v) is 2.06. The Morgan fingerprint density at radius 1 is 1.29 bits per heavy atom. The van der Waals surface area contributed by atoms with Gasteiger partial charge in [-0.25, -0.2) is 4.98 Å². The first-order valence-electron chi connectivity index (χ1n) is 5.90. The molecule has 0 aromatic carbocycles. The summed E-state index contributed by atoms with van der Waals surface area (Å²) in [6, 6.07) is 2.11. The van der Waals surface area contributed by atoms with Crippen molar-refractivity contribution >= 4 is 0 Å². The molecular formula is C12H19N5. The summed E-state index contributed by atoms with van der Waals surface area (Å²) >= 11 is 0. The molecule has 0 atom stereocenters. The van der Waals surface area contributed by atoms with Crippen molar-refractivity contribution < 1.29 is 0 Å². The second kappa shape index (κ2) is 4.71. The Kier molecular flexibility index (Phi) is 3.28. The summed E-state index contributed by atoms with van der Waals surface area (Å²) in [4.78, 5) is 4.30. The molecule has 0 amide bonds. The standard InChI is InChI=1S/C12H19N5/c1-4-17-11(5-9(2)15-17)8-16-10(3)14-7-12(16)6-13/h5,7H,4,6,8,13H2,1-3H3. The summed E-state index contributed by atoms with van der Waals surface area (Å²) in [5.41, 5.74) is 9.01. The topological polar surface area (TPSA) is 61.7 Å². The molecule has 0 aliphatic carbocycles. The van der Waals surface area contributed by atoms with Crippen LogP contribution in [0.15, 0.2) is 12.3 Å². The zero-order valence-corrected chi connectivity index (χ0v) is 10.6. The smallest absolute Gasteiger partial charge is 0.106 e. The van der Waals surface area contributed by atoms with Crippen LogP contribution >= 0.6 is 0 Å². The van der Waals surface area contributed by atoms with Gasteiger partial charge in [-0.3, -0.25) is 4.68 Å². The molecule has 2 N–H and O–H groups in total. The van der Waals surface area contributed by atoms with Gasteiger partial charge in [-0.2, -0.15) is 5.10 Å². The van der Waals surface area contributed by atoms with Crippen molar-refractivity contribution in [3.05, 3.63) is 35.2 Å². The zero-order valence-electron chi connectivity index (χ0n) is 10.6. The molecule has 5 heteroatoms. The van der Waals surface area contributed by atoms with Crippen LogP contribution in [-0.2, 0) is 19.6 Å². The minimum absolute atomic E-state index is 0.514. The molecule has 0 aliphatic rings. The van der Waals surface area contributed by atoms with Crippen LogP contribution in [0.5, 0.6) is 0 Å². The summed E-state index contributed by atoms with van der Waals surface area (Å²) in [5, 5.41) is 4.45. The van der Waals surface area contributed by atoms with E-state index in [-0.39, 0.29) is 0 Å². The third-order valence-corrected chi connectivity index (χ3v) is 2.95. The highest BCUT2D eigenvalue weighted by atomic mass is 15.3. The maximum Gasteiger partial charge on any atom is 0.106 e. The van der Waals surface area contributed by atoms with E-state index in [0.717, 1.165) is 30.3 Å². The van der Waals surface area contributed by atoms with Gasteiger partial charge in [0.2, 0.25) is 0 Å². The van der Waals surface area contributed by atoms with Crippen molar-refractivity contribution in [2.75, 3.05) is 0 Å². The number of aromatic nitrogens is 4. The fourth-order valence-electron chi connectivity index (χ4n) is 2.06. The fraction of sp³-hybridized carbons (Fsp3) is 0.500. The van der Waals surface area contributed by atoms with Crippen LogP contribution < -0.4 is 5.73 Å². The van der Waals surface area contributed by atoms with Gasteiger partial charge in [0.05, 0.1) is 23.6 Å². The van der Waals surface area contributed by atoms with E-state index in [1.54, 1.807) is 0 Å². The quantitative estimate of drug-likeness (QED) is 0.863. The summed E-state index contributed by atoms with van der Waals surface area (Å²) in [7, 11) is 0. The molecule has 0 fully saturated rings.